The molecule has 0 heteroatoms. The van der Waals surface area contributed by atoms with E-state index < -0.39 is 0 Å². The highest BCUT2D eigenvalue weighted by molar-refractivity contribution is 4.94. The zero-order valence-electron chi connectivity index (χ0n) is 8.65. The van der Waals surface area contributed by atoms with Gasteiger partial charge < -0.3 is 0 Å². The van der Waals surface area contributed by atoms with Crippen LogP contribution < -0.4 is 0 Å². The SMILES string of the molecule is CCC(C)(C)/C=C/CC(C)C. The summed E-state index contributed by atoms with van der Waals surface area (Å²) in [5.74, 6) is 0.791. The summed E-state index contributed by atoms with van der Waals surface area (Å²) in [6.45, 7) is 11.3. The van der Waals surface area contributed by atoms with Crippen molar-refractivity contribution >= 4 is 0 Å². The zero-order chi connectivity index (χ0) is 8.91. The molecule has 0 atom stereocenters. The molecular formula is C11H22. The largest absolute Gasteiger partial charge is 0.0877 e. The molecule has 0 N–H and O–H groups in total. The summed E-state index contributed by atoms with van der Waals surface area (Å²) in [5.41, 5.74) is 0.398. The van der Waals surface area contributed by atoms with Crippen molar-refractivity contribution in [2.75, 3.05) is 0 Å². The Morgan fingerprint density at radius 1 is 1.27 bits per heavy atom. The predicted molar refractivity (Wildman–Crippen MR) is 52.7 cm³/mol. The van der Waals surface area contributed by atoms with E-state index in [1.165, 1.54) is 12.8 Å². The van der Waals surface area contributed by atoms with Crippen molar-refractivity contribution in [3.8, 4) is 0 Å². The van der Waals surface area contributed by atoms with E-state index in [0.29, 0.717) is 5.41 Å². The van der Waals surface area contributed by atoms with E-state index in [4.69, 9.17) is 0 Å². The maximum Gasteiger partial charge on any atom is -0.0177 e. The van der Waals surface area contributed by atoms with Gasteiger partial charge in [-0.05, 0) is 24.2 Å². The molecule has 0 heterocycles. The number of rotatable bonds is 4. The molecule has 0 radical (unpaired) electrons. The summed E-state index contributed by atoms with van der Waals surface area (Å²) in [5, 5.41) is 0. The second-order valence-corrected chi connectivity index (χ2v) is 4.37. The molecule has 66 valence electrons. The van der Waals surface area contributed by atoms with Crippen LogP contribution in [-0.2, 0) is 0 Å². The van der Waals surface area contributed by atoms with Gasteiger partial charge in [0.05, 0.1) is 0 Å². The number of hydrogen-bond donors (Lipinski definition) is 0. The summed E-state index contributed by atoms with van der Waals surface area (Å²) in [6, 6.07) is 0. The van der Waals surface area contributed by atoms with Crippen LogP contribution in [0.3, 0.4) is 0 Å². The van der Waals surface area contributed by atoms with E-state index in [1.54, 1.807) is 0 Å². The van der Waals surface area contributed by atoms with Crippen LogP contribution in [0.2, 0.25) is 0 Å². The molecule has 0 saturated heterocycles. The van der Waals surface area contributed by atoms with Gasteiger partial charge in [0, 0.05) is 0 Å². The van der Waals surface area contributed by atoms with Crippen molar-refractivity contribution in [3.05, 3.63) is 12.2 Å². The Kier molecular flexibility index (Phi) is 4.48. The molecule has 0 fully saturated rings. The molecule has 0 aliphatic heterocycles. The molecule has 11 heavy (non-hydrogen) atoms. The third-order valence-electron chi connectivity index (χ3n) is 2.09. The molecule has 0 aliphatic carbocycles. The van der Waals surface area contributed by atoms with Gasteiger partial charge in [0.15, 0.2) is 0 Å². The van der Waals surface area contributed by atoms with E-state index in [-0.39, 0.29) is 0 Å². The fourth-order valence-electron chi connectivity index (χ4n) is 0.777. The van der Waals surface area contributed by atoms with Gasteiger partial charge in [-0.3, -0.25) is 0 Å². The topological polar surface area (TPSA) is 0 Å². The van der Waals surface area contributed by atoms with Gasteiger partial charge in [-0.2, -0.15) is 0 Å². The lowest BCUT2D eigenvalue weighted by molar-refractivity contribution is 0.459. The van der Waals surface area contributed by atoms with Crippen molar-refractivity contribution in [2.24, 2.45) is 11.3 Å². The minimum Gasteiger partial charge on any atom is -0.0877 e. The summed E-state index contributed by atoms with van der Waals surface area (Å²) >= 11 is 0. The molecule has 0 nitrogen and oxygen atoms in total. The van der Waals surface area contributed by atoms with Crippen LogP contribution in [-0.4, -0.2) is 0 Å². The highest BCUT2D eigenvalue weighted by Crippen LogP contribution is 2.21. The Hall–Kier alpha value is -0.260. The van der Waals surface area contributed by atoms with Gasteiger partial charge >= 0.3 is 0 Å². The maximum atomic E-state index is 2.34. The Bertz CT molecular complexity index is 118. The van der Waals surface area contributed by atoms with Crippen molar-refractivity contribution in [2.45, 2.75) is 47.5 Å². The molecule has 0 saturated carbocycles. The second-order valence-electron chi connectivity index (χ2n) is 4.37. The Morgan fingerprint density at radius 3 is 2.18 bits per heavy atom. The first kappa shape index (κ1) is 10.7. The third kappa shape index (κ3) is 6.15. The number of allylic oxidation sites excluding steroid dienone is 2. The molecule has 0 unspecified atom stereocenters. The molecule has 0 aromatic rings. The lowest BCUT2D eigenvalue weighted by Crippen LogP contribution is -2.04. The fourth-order valence-corrected chi connectivity index (χ4v) is 0.777. The van der Waals surface area contributed by atoms with Crippen LogP contribution in [0, 0.1) is 11.3 Å². The van der Waals surface area contributed by atoms with Crippen molar-refractivity contribution < 1.29 is 0 Å². The summed E-state index contributed by atoms with van der Waals surface area (Å²) in [6.07, 6.45) is 7.09. The van der Waals surface area contributed by atoms with Crippen LogP contribution >= 0.6 is 0 Å². The van der Waals surface area contributed by atoms with Gasteiger partial charge in [0.1, 0.15) is 0 Å². The van der Waals surface area contributed by atoms with Crippen LogP contribution in [0.15, 0.2) is 12.2 Å². The normalized spacial score (nSPS) is 13.3. The third-order valence-corrected chi connectivity index (χ3v) is 2.09. The van der Waals surface area contributed by atoms with Gasteiger partial charge in [-0.25, -0.2) is 0 Å². The van der Waals surface area contributed by atoms with E-state index in [2.05, 4.69) is 46.8 Å². The predicted octanol–water partition coefficient (Wildman–Crippen LogP) is 4.02. The van der Waals surface area contributed by atoms with Gasteiger partial charge in [0.2, 0.25) is 0 Å². The average molecular weight is 154 g/mol. The minimum absolute atomic E-state index is 0.398. The minimum atomic E-state index is 0.398. The second kappa shape index (κ2) is 4.58. The lowest BCUT2D eigenvalue weighted by atomic mass is 9.89. The maximum absolute atomic E-state index is 2.34. The van der Waals surface area contributed by atoms with Crippen LogP contribution in [0.4, 0.5) is 0 Å². The van der Waals surface area contributed by atoms with Crippen molar-refractivity contribution in [1.82, 2.24) is 0 Å². The van der Waals surface area contributed by atoms with E-state index in [9.17, 15) is 0 Å². The average Bonchev–Trinajstić information content (AvgIpc) is 1.87. The molecule has 0 aromatic carbocycles. The van der Waals surface area contributed by atoms with E-state index >= 15 is 0 Å². The first-order valence-corrected chi connectivity index (χ1v) is 4.65. The number of hydrogen-bond acceptors (Lipinski definition) is 0. The molecule has 0 rings (SSSR count). The van der Waals surface area contributed by atoms with Gasteiger partial charge in [-0.1, -0.05) is 46.8 Å². The van der Waals surface area contributed by atoms with Crippen LogP contribution in [0.5, 0.6) is 0 Å². The van der Waals surface area contributed by atoms with Gasteiger partial charge in [-0.15, -0.1) is 0 Å². The summed E-state index contributed by atoms with van der Waals surface area (Å²) in [7, 11) is 0. The van der Waals surface area contributed by atoms with E-state index in [0.717, 1.165) is 5.92 Å². The lowest BCUT2D eigenvalue weighted by Gasteiger charge is -2.16. The van der Waals surface area contributed by atoms with Crippen molar-refractivity contribution in [1.29, 1.82) is 0 Å². The van der Waals surface area contributed by atoms with Crippen molar-refractivity contribution in [3.63, 3.8) is 0 Å². The Balaban J connectivity index is 3.73. The monoisotopic (exact) mass is 154 g/mol. The first-order valence-electron chi connectivity index (χ1n) is 4.65. The van der Waals surface area contributed by atoms with Gasteiger partial charge in [0.25, 0.3) is 0 Å². The highest BCUT2D eigenvalue weighted by atomic mass is 14.1. The first-order chi connectivity index (χ1) is 4.98. The Labute approximate surface area is 71.7 Å². The van der Waals surface area contributed by atoms with E-state index in [1.807, 2.05) is 0 Å². The van der Waals surface area contributed by atoms with Crippen LogP contribution in [0.25, 0.3) is 0 Å². The highest BCUT2D eigenvalue weighted by Gasteiger charge is 2.08. The van der Waals surface area contributed by atoms with Crippen LogP contribution in [0.1, 0.15) is 47.5 Å². The molecule has 0 bridgehead atoms. The quantitative estimate of drug-likeness (QED) is 0.536. The molecule has 0 aromatic heterocycles. The molecule has 0 spiro atoms. The summed E-state index contributed by atoms with van der Waals surface area (Å²) in [4.78, 5) is 0. The Morgan fingerprint density at radius 2 is 1.82 bits per heavy atom. The smallest absolute Gasteiger partial charge is 0.0177 e. The molecule has 0 amide bonds. The zero-order valence-corrected chi connectivity index (χ0v) is 8.65. The fraction of sp³-hybridized carbons (Fsp3) is 0.818. The standard InChI is InChI=1S/C11H22/c1-6-11(4,5)9-7-8-10(2)3/h7,9-10H,6,8H2,1-5H3/b9-7+. The summed E-state index contributed by atoms with van der Waals surface area (Å²) < 4.78 is 0. The molecular weight excluding hydrogens is 132 g/mol. The molecule has 0 aliphatic rings.